The van der Waals surface area contributed by atoms with Crippen molar-refractivity contribution in [2.24, 2.45) is 17.8 Å². The summed E-state index contributed by atoms with van der Waals surface area (Å²) in [6, 6.07) is 0. The summed E-state index contributed by atoms with van der Waals surface area (Å²) < 4.78 is 0. The Morgan fingerprint density at radius 3 is 2.07 bits per heavy atom. The minimum atomic E-state index is -0.397. The summed E-state index contributed by atoms with van der Waals surface area (Å²) in [5, 5.41) is 0. The largest absolute Gasteiger partial charge is 0.286 e. The van der Waals surface area contributed by atoms with Crippen LogP contribution >= 0.6 is 0 Å². The second kappa shape index (κ2) is 13.7. The van der Waals surface area contributed by atoms with E-state index >= 15 is 0 Å². The van der Waals surface area contributed by atoms with Crippen molar-refractivity contribution in [3.63, 3.8) is 0 Å². The second-order valence-electron chi connectivity index (χ2n) is 9.36. The van der Waals surface area contributed by atoms with Crippen LogP contribution in [0.25, 0.3) is 0 Å². The van der Waals surface area contributed by atoms with E-state index < -0.39 is 5.78 Å². The van der Waals surface area contributed by atoms with Crippen LogP contribution in [-0.2, 0) is 9.59 Å². The van der Waals surface area contributed by atoms with Crippen molar-refractivity contribution in [3.05, 3.63) is 35.5 Å². The van der Waals surface area contributed by atoms with Crippen LogP contribution in [0.1, 0.15) is 98.8 Å². The van der Waals surface area contributed by atoms with Crippen LogP contribution in [0.15, 0.2) is 35.5 Å². The fourth-order valence-corrected chi connectivity index (χ4v) is 3.82. The third-order valence-corrected chi connectivity index (χ3v) is 5.87. The molecule has 158 valence electrons. The lowest BCUT2D eigenvalue weighted by molar-refractivity contribution is -0.131. The molecule has 0 aliphatic heterocycles. The SMILES string of the molecule is C/C(=C\CC1=CC=CC(=O)C1=O)CCC[C@H](C)CCC[C@H](C)CCCC(C)C. The van der Waals surface area contributed by atoms with Gasteiger partial charge in [-0.15, -0.1) is 0 Å². The molecule has 28 heavy (non-hydrogen) atoms. The van der Waals surface area contributed by atoms with Crippen LogP contribution < -0.4 is 0 Å². The highest BCUT2D eigenvalue weighted by Gasteiger charge is 2.17. The first-order valence-electron chi connectivity index (χ1n) is 11.4. The Balaban J connectivity index is 2.14. The molecule has 2 heteroatoms. The van der Waals surface area contributed by atoms with E-state index in [0.717, 1.165) is 24.2 Å². The van der Waals surface area contributed by atoms with Crippen LogP contribution in [0, 0.1) is 17.8 Å². The van der Waals surface area contributed by atoms with Crippen molar-refractivity contribution in [3.8, 4) is 0 Å². The Bertz CT molecular complexity index is 577. The zero-order valence-electron chi connectivity index (χ0n) is 18.9. The van der Waals surface area contributed by atoms with Crippen molar-refractivity contribution in [1.82, 2.24) is 0 Å². The van der Waals surface area contributed by atoms with E-state index in [0.29, 0.717) is 12.0 Å². The van der Waals surface area contributed by atoms with Gasteiger partial charge in [-0.2, -0.15) is 0 Å². The molecule has 2 nitrogen and oxygen atoms in total. The molecular formula is C26H42O2. The van der Waals surface area contributed by atoms with Crippen LogP contribution in [0.3, 0.4) is 0 Å². The molecule has 0 radical (unpaired) electrons. The van der Waals surface area contributed by atoms with Crippen molar-refractivity contribution in [2.45, 2.75) is 98.8 Å². The molecule has 0 saturated carbocycles. The van der Waals surface area contributed by atoms with E-state index in [9.17, 15) is 9.59 Å². The lowest BCUT2D eigenvalue weighted by Gasteiger charge is -2.15. The summed E-state index contributed by atoms with van der Waals surface area (Å²) in [6.45, 7) is 11.6. The van der Waals surface area contributed by atoms with Gasteiger partial charge in [-0.3, -0.25) is 9.59 Å². The number of hydrogen-bond acceptors (Lipinski definition) is 2. The Morgan fingerprint density at radius 1 is 0.893 bits per heavy atom. The van der Waals surface area contributed by atoms with Gasteiger partial charge < -0.3 is 0 Å². The highest BCUT2D eigenvalue weighted by molar-refractivity contribution is 6.48. The molecule has 0 saturated heterocycles. The van der Waals surface area contributed by atoms with Gasteiger partial charge in [0.25, 0.3) is 0 Å². The number of hydrogen-bond donors (Lipinski definition) is 0. The first-order valence-corrected chi connectivity index (χ1v) is 11.4. The molecule has 1 rings (SSSR count). The molecule has 0 aromatic carbocycles. The van der Waals surface area contributed by atoms with E-state index in [1.54, 1.807) is 12.2 Å². The molecule has 1 aliphatic carbocycles. The fraction of sp³-hybridized carbons (Fsp3) is 0.692. The minimum Gasteiger partial charge on any atom is -0.286 e. The highest BCUT2D eigenvalue weighted by Crippen LogP contribution is 2.22. The molecule has 0 spiro atoms. The number of carbonyl (C=O) groups is 2. The van der Waals surface area contributed by atoms with Crippen LogP contribution in [0.5, 0.6) is 0 Å². The molecule has 0 aromatic heterocycles. The molecule has 0 unspecified atom stereocenters. The van der Waals surface area contributed by atoms with Crippen molar-refractivity contribution in [2.75, 3.05) is 0 Å². The highest BCUT2D eigenvalue weighted by atomic mass is 16.2. The molecule has 0 aromatic rings. The molecule has 1 aliphatic rings. The molecule has 0 bridgehead atoms. The number of ketones is 2. The van der Waals surface area contributed by atoms with Gasteiger partial charge in [0, 0.05) is 5.57 Å². The topological polar surface area (TPSA) is 34.1 Å². The van der Waals surface area contributed by atoms with E-state index in [2.05, 4.69) is 40.7 Å². The van der Waals surface area contributed by atoms with Crippen molar-refractivity contribution in [1.29, 1.82) is 0 Å². The van der Waals surface area contributed by atoms with Gasteiger partial charge in [-0.05, 0) is 50.0 Å². The minimum absolute atomic E-state index is 0.349. The summed E-state index contributed by atoms with van der Waals surface area (Å²) in [4.78, 5) is 23.2. The molecule has 2 atom stereocenters. The Labute approximate surface area is 173 Å². The number of rotatable bonds is 14. The average Bonchev–Trinajstić information content (AvgIpc) is 2.62. The first kappa shape index (κ1) is 24.6. The zero-order valence-corrected chi connectivity index (χ0v) is 18.9. The van der Waals surface area contributed by atoms with Crippen LogP contribution in [0.2, 0.25) is 0 Å². The third kappa shape index (κ3) is 10.8. The third-order valence-electron chi connectivity index (χ3n) is 5.87. The standard InChI is InChI=1S/C26H42O2/c1-20(2)10-6-11-21(3)12-7-13-22(4)14-8-15-23(5)18-19-24-16-9-17-25(27)26(24)28/h9,16-18,20-22H,6-8,10-15,19H2,1-5H3/b23-18+/t21-,22-/m1/s1. The molecule has 0 amide bonds. The van der Waals surface area contributed by atoms with E-state index in [-0.39, 0.29) is 5.78 Å². The smallest absolute Gasteiger partial charge is 0.229 e. The molecular weight excluding hydrogens is 344 g/mol. The Morgan fingerprint density at radius 2 is 1.46 bits per heavy atom. The maximum atomic E-state index is 11.8. The van der Waals surface area contributed by atoms with Gasteiger partial charge in [0.05, 0.1) is 0 Å². The number of carbonyl (C=O) groups excluding carboxylic acids is 2. The Kier molecular flexibility index (Phi) is 12.0. The number of allylic oxidation sites excluding steroid dienone is 6. The first-order chi connectivity index (χ1) is 13.3. The van der Waals surface area contributed by atoms with Gasteiger partial charge in [-0.25, -0.2) is 0 Å². The lowest BCUT2D eigenvalue weighted by atomic mass is 9.91. The zero-order chi connectivity index (χ0) is 20.9. The maximum absolute atomic E-state index is 11.8. The lowest BCUT2D eigenvalue weighted by Crippen LogP contribution is -2.15. The van der Waals surface area contributed by atoms with Crippen molar-refractivity contribution < 1.29 is 9.59 Å². The predicted molar refractivity (Wildman–Crippen MR) is 120 cm³/mol. The van der Waals surface area contributed by atoms with E-state index in [4.69, 9.17) is 0 Å². The van der Waals surface area contributed by atoms with E-state index in [1.165, 1.54) is 63.0 Å². The predicted octanol–water partition coefficient (Wildman–Crippen LogP) is 7.40. The summed E-state index contributed by atoms with van der Waals surface area (Å²) in [5.74, 6) is 1.75. The van der Waals surface area contributed by atoms with Crippen LogP contribution in [0.4, 0.5) is 0 Å². The monoisotopic (exact) mass is 386 g/mol. The normalized spacial score (nSPS) is 17.2. The number of Topliss-reactive ketones (excluding diaryl/α,β-unsaturated/α-hetero) is 1. The summed E-state index contributed by atoms with van der Waals surface area (Å²) >= 11 is 0. The van der Waals surface area contributed by atoms with Gasteiger partial charge in [0.1, 0.15) is 0 Å². The van der Waals surface area contributed by atoms with Gasteiger partial charge >= 0.3 is 0 Å². The van der Waals surface area contributed by atoms with Gasteiger partial charge in [0.2, 0.25) is 11.6 Å². The summed E-state index contributed by atoms with van der Waals surface area (Å²) in [7, 11) is 0. The summed E-state index contributed by atoms with van der Waals surface area (Å²) in [5.41, 5.74) is 1.93. The summed E-state index contributed by atoms with van der Waals surface area (Å²) in [6.07, 6.45) is 19.2. The van der Waals surface area contributed by atoms with Gasteiger partial charge in [0.15, 0.2) is 0 Å². The second-order valence-corrected chi connectivity index (χ2v) is 9.36. The van der Waals surface area contributed by atoms with E-state index in [1.807, 2.05) is 0 Å². The molecule has 0 heterocycles. The fourth-order valence-electron chi connectivity index (χ4n) is 3.82. The van der Waals surface area contributed by atoms with Crippen molar-refractivity contribution >= 4 is 11.6 Å². The Hall–Kier alpha value is -1.44. The van der Waals surface area contributed by atoms with Crippen LogP contribution in [-0.4, -0.2) is 11.6 Å². The average molecular weight is 387 g/mol. The maximum Gasteiger partial charge on any atom is 0.229 e. The molecule has 0 fully saturated rings. The molecule has 0 N–H and O–H groups in total. The van der Waals surface area contributed by atoms with Gasteiger partial charge in [-0.1, -0.05) is 96.4 Å². The quantitative estimate of drug-likeness (QED) is 0.177.